The molecule has 16 heavy (non-hydrogen) atoms. The first-order chi connectivity index (χ1) is 7.66. The minimum Gasteiger partial charge on any atom is -0.288 e. The zero-order valence-electron chi connectivity index (χ0n) is 7.94. The third-order valence-electron chi connectivity index (χ3n) is 1.83. The van der Waals surface area contributed by atoms with Gasteiger partial charge in [-0.15, -0.1) is 22.7 Å². The Balaban J connectivity index is 2.13. The lowest BCUT2D eigenvalue weighted by Gasteiger charge is -1.86. The lowest BCUT2D eigenvalue weighted by Crippen LogP contribution is -1.87. The summed E-state index contributed by atoms with van der Waals surface area (Å²) in [5, 5.41) is 1.90. The summed E-state index contributed by atoms with van der Waals surface area (Å²) in [6.45, 7) is 0. The smallest absolute Gasteiger partial charge is 0.195 e. The molecule has 0 aromatic carbocycles. The molecule has 82 valence electrons. The highest BCUT2D eigenvalue weighted by atomic mass is 79.9. The molecule has 0 saturated carbocycles. The Labute approximate surface area is 118 Å². The number of hydrogen-bond donors (Lipinski definition) is 0. The van der Waals surface area contributed by atoms with Gasteiger partial charge >= 0.3 is 0 Å². The Kier molecular flexibility index (Phi) is 4.13. The molecule has 1 nitrogen and oxygen atoms in total. The van der Waals surface area contributed by atoms with Gasteiger partial charge in [0.15, 0.2) is 5.78 Å². The maximum atomic E-state index is 11.7. The molecule has 0 N–H and O–H groups in total. The van der Waals surface area contributed by atoms with Gasteiger partial charge in [0.2, 0.25) is 0 Å². The second-order valence-corrected chi connectivity index (χ2v) is 7.15. The summed E-state index contributed by atoms with van der Waals surface area (Å²) >= 11 is 9.87. The predicted octanol–water partition coefficient (Wildman–Crippen LogP) is 5.23. The fraction of sp³-hybridized carbons (Fsp3) is 0. The minimum atomic E-state index is 0.0515. The van der Waals surface area contributed by atoms with Crippen LogP contribution in [0.5, 0.6) is 0 Å². The van der Waals surface area contributed by atoms with Crippen molar-refractivity contribution >= 4 is 66.4 Å². The molecule has 0 saturated heterocycles. The SMILES string of the molecule is O=C(/C=C/c1cc(Br)c(Br)s1)c1cccs1. The number of halogens is 2. The Morgan fingerprint density at radius 3 is 2.75 bits per heavy atom. The van der Waals surface area contributed by atoms with Crippen molar-refractivity contribution < 1.29 is 4.79 Å². The fourth-order valence-corrected chi connectivity index (χ4v) is 3.74. The van der Waals surface area contributed by atoms with Gasteiger partial charge in [-0.1, -0.05) is 6.07 Å². The van der Waals surface area contributed by atoms with E-state index in [1.807, 2.05) is 29.7 Å². The van der Waals surface area contributed by atoms with Crippen LogP contribution in [-0.4, -0.2) is 5.78 Å². The van der Waals surface area contributed by atoms with Crippen molar-refractivity contribution in [2.75, 3.05) is 0 Å². The Morgan fingerprint density at radius 2 is 2.19 bits per heavy atom. The molecule has 0 fully saturated rings. The van der Waals surface area contributed by atoms with Crippen molar-refractivity contribution in [3.05, 3.63) is 47.7 Å². The van der Waals surface area contributed by atoms with Crippen LogP contribution in [0.15, 0.2) is 37.9 Å². The van der Waals surface area contributed by atoms with Gasteiger partial charge in [-0.2, -0.15) is 0 Å². The van der Waals surface area contributed by atoms with Gasteiger partial charge in [-0.25, -0.2) is 0 Å². The highest BCUT2D eigenvalue weighted by Gasteiger charge is 2.04. The summed E-state index contributed by atoms with van der Waals surface area (Å²) in [6, 6.07) is 5.69. The molecule has 0 bridgehead atoms. The number of hydrogen-bond acceptors (Lipinski definition) is 3. The summed E-state index contributed by atoms with van der Waals surface area (Å²) in [7, 11) is 0. The molecule has 2 aromatic rings. The average molecular weight is 378 g/mol. The quantitative estimate of drug-likeness (QED) is 0.528. The lowest BCUT2D eigenvalue weighted by atomic mass is 10.3. The van der Waals surface area contributed by atoms with Gasteiger partial charge in [0.25, 0.3) is 0 Å². The average Bonchev–Trinajstić information content (AvgIpc) is 2.86. The van der Waals surface area contributed by atoms with Crippen molar-refractivity contribution in [1.82, 2.24) is 0 Å². The topological polar surface area (TPSA) is 17.1 Å². The summed E-state index contributed by atoms with van der Waals surface area (Å²) < 4.78 is 2.05. The van der Waals surface area contributed by atoms with E-state index in [0.29, 0.717) is 0 Å². The van der Waals surface area contributed by atoms with E-state index in [0.717, 1.165) is 18.0 Å². The molecule has 0 unspecified atom stereocenters. The molecule has 2 aromatic heterocycles. The monoisotopic (exact) mass is 376 g/mol. The lowest BCUT2D eigenvalue weighted by molar-refractivity contribution is 0.105. The van der Waals surface area contributed by atoms with Gasteiger partial charge in [-0.05, 0) is 61.5 Å². The fourth-order valence-electron chi connectivity index (χ4n) is 1.10. The standard InChI is InChI=1S/C11H6Br2OS2/c12-8-6-7(16-11(8)13)3-4-9(14)10-2-1-5-15-10/h1-6H/b4-3+. The van der Waals surface area contributed by atoms with Crippen molar-refractivity contribution in [3.8, 4) is 0 Å². The van der Waals surface area contributed by atoms with E-state index >= 15 is 0 Å². The van der Waals surface area contributed by atoms with Crippen molar-refractivity contribution in [2.24, 2.45) is 0 Å². The molecular weight excluding hydrogens is 372 g/mol. The normalized spacial score (nSPS) is 11.1. The zero-order chi connectivity index (χ0) is 11.5. The molecule has 2 rings (SSSR count). The van der Waals surface area contributed by atoms with Gasteiger partial charge in [0.1, 0.15) is 0 Å². The predicted molar refractivity (Wildman–Crippen MR) is 77.4 cm³/mol. The summed E-state index contributed by atoms with van der Waals surface area (Å²) in [5.74, 6) is 0.0515. The summed E-state index contributed by atoms with van der Waals surface area (Å²) in [4.78, 5) is 13.5. The van der Waals surface area contributed by atoms with E-state index in [2.05, 4.69) is 31.9 Å². The molecule has 0 spiro atoms. The summed E-state index contributed by atoms with van der Waals surface area (Å²) in [6.07, 6.45) is 3.44. The number of thiophene rings is 2. The second kappa shape index (κ2) is 5.40. The van der Waals surface area contributed by atoms with Crippen LogP contribution < -0.4 is 0 Å². The first-order valence-corrected chi connectivity index (χ1v) is 7.66. The van der Waals surface area contributed by atoms with Crippen molar-refractivity contribution in [3.63, 3.8) is 0 Å². The van der Waals surface area contributed by atoms with Crippen molar-refractivity contribution in [1.29, 1.82) is 0 Å². The van der Waals surface area contributed by atoms with Crippen LogP contribution in [0.1, 0.15) is 14.5 Å². The van der Waals surface area contributed by atoms with Crippen LogP contribution in [0.25, 0.3) is 6.08 Å². The highest BCUT2D eigenvalue weighted by molar-refractivity contribution is 9.13. The molecule has 2 heterocycles. The number of rotatable bonds is 3. The Hall–Kier alpha value is -0.230. The van der Waals surface area contributed by atoms with E-state index in [-0.39, 0.29) is 5.78 Å². The number of carbonyl (C=O) groups excluding carboxylic acids is 1. The van der Waals surface area contributed by atoms with Crippen molar-refractivity contribution in [2.45, 2.75) is 0 Å². The number of carbonyl (C=O) groups is 1. The van der Waals surface area contributed by atoms with E-state index in [4.69, 9.17) is 0 Å². The van der Waals surface area contributed by atoms with E-state index in [1.165, 1.54) is 11.3 Å². The number of allylic oxidation sites excluding steroid dienone is 1. The molecule has 0 atom stereocenters. The van der Waals surface area contributed by atoms with Gasteiger partial charge in [0, 0.05) is 9.35 Å². The molecule has 0 amide bonds. The van der Waals surface area contributed by atoms with Crippen LogP contribution in [-0.2, 0) is 0 Å². The molecular formula is C11H6Br2OS2. The third-order valence-corrected chi connectivity index (χ3v) is 5.93. The molecule has 0 aliphatic heterocycles. The highest BCUT2D eigenvalue weighted by Crippen LogP contribution is 2.33. The van der Waals surface area contributed by atoms with Gasteiger partial charge in [0.05, 0.1) is 8.66 Å². The van der Waals surface area contributed by atoms with Crippen LogP contribution in [0.2, 0.25) is 0 Å². The number of ketones is 1. The van der Waals surface area contributed by atoms with Crippen LogP contribution in [0.4, 0.5) is 0 Å². The van der Waals surface area contributed by atoms with Gasteiger partial charge < -0.3 is 0 Å². The first-order valence-electron chi connectivity index (χ1n) is 4.37. The molecule has 0 radical (unpaired) electrons. The summed E-state index contributed by atoms with van der Waals surface area (Å²) in [5.41, 5.74) is 0. The van der Waals surface area contributed by atoms with E-state index in [9.17, 15) is 4.79 Å². The van der Waals surface area contributed by atoms with Crippen LogP contribution in [0, 0.1) is 0 Å². The maximum Gasteiger partial charge on any atom is 0.195 e. The molecule has 0 aliphatic rings. The van der Waals surface area contributed by atoms with Crippen LogP contribution >= 0.6 is 54.5 Å². The largest absolute Gasteiger partial charge is 0.288 e. The Bertz CT molecular complexity index is 507. The van der Waals surface area contributed by atoms with E-state index < -0.39 is 0 Å². The van der Waals surface area contributed by atoms with Crippen LogP contribution in [0.3, 0.4) is 0 Å². The molecule has 0 aliphatic carbocycles. The minimum absolute atomic E-state index is 0.0515. The van der Waals surface area contributed by atoms with E-state index in [1.54, 1.807) is 17.4 Å². The Morgan fingerprint density at radius 1 is 1.38 bits per heavy atom. The first kappa shape index (κ1) is 12.2. The van der Waals surface area contributed by atoms with Gasteiger partial charge in [-0.3, -0.25) is 4.79 Å². The maximum absolute atomic E-state index is 11.7. The zero-order valence-corrected chi connectivity index (χ0v) is 12.7. The second-order valence-electron chi connectivity index (χ2n) is 2.95. The molecule has 5 heteroatoms. The third kappa shape index (κ3) is 2.91.